The fourth-order valence-electron chi connectivity index (χ4n) is 3.91. The molecule has 1 fully saturated rings. The lowest BCUT2D eigenvalue weighted by Crippen LogP contribution is -2.54. The Morgan fingerprint density at radius 1 is 1.07 bits per heavy atom. The van der Waals surface area contributed by atoms with Crippen molar-refractivity contribution in [1.82, 2.24) is 5.32 Å². The van der Waals surface area contributed by atoms with Crippen LogP contribution in [-0.2, 0) is 20.9 Å². The maximum absolute atomic E-state index is 13.3. The number of nitrogens with zero attached hydrogens (tertiary/aromatic N) is 2. The van der Waals surface area contributed by atoms with Crippen LogP contribution in [0.1, 0.15) is 28.4 Å². The van der Waals surface area contributed by atoms with E-state index >= 15 is 0 Å². The SMILES string of the molecule is CCOc1cc(/C=C2\C(=O)NC(=O)N(c3ccc(C(=O)OC)cc3)C2=O)cc(I)c1OCc1cccc([N+](=O)[O-])c1. The Morgan fingerprint density at radius 2 is 1.80 bits per heavy atom. The minimum atomic E-state index is -0.933. The molecule has 0 radical (unpaired) electrons. The number of anilines is 1. The number of non-ortho nitro benzene ring substituents is 1. The normalized spacial score (nSPS) is 14.1. The smallest absolute Gasteiger partial charge is 0.337 e. The zero-order chi connectivity index (χ0) is 29.7. The van der Waals surface area contributed by atoms with Crippen LogP contribution in [0.25, 0.3) is 6.08 Å². The molecule has 0 unspecified atom stereocenters. The first-order valence-electron chi connectivity index (χ1n) is 12.0. The van der Waals surface area contributed by atoms with Gasteiger partial charge in [-0.15, -0.1) is 0 Å². The molecule has 1 saturated heterocycles. The third kappa shape index (κ3) is 6.51. The van der Waals surface area contributed by atoms with Gasteiger partial charge >= 0.3 is 12.0 Å². The number of amides is 4. The summed E-state index contributed by atoms with van der Waals surface area (Å²) in [4.78, 5) is 61.6. The Kier molecular flexibility index (Phi) is 8.97. The number of nitro groups is 1. The maximum atomic E-state index is 13.3. The molecule has 1 aliphatic heterocycles. The van der Waals surface area contributed by atoms with Crippen LogP contribution in [0, 0.1) is 13.7 Å². The first-order valence-corrected chi connectivity index (χ1v) is 13.1. The van der Waals surface area contributed by atoms with Crippen molar-refractivity contribution in [2.75, 3.05) is 18.6 Å². The Balaban J connectivity index is 1.63. The largest absolute Gasteiger partial charge is 0.490 e. The summed E-state index contributed by atoms with van der Waals surface area (Å²) in [6.07, 6.45) is 1.33. The number of nitro benzene ring substituents is 1. The molecule has 0 spiro atoms. The van der Waals surface area contributed by atoms with Gasteiger partial charge in [-0.25, -0.2) is 14.5 Å². The molecule has 0 atom stereocenters. The molecule has 1 N–H and O–H groups in total. The van der Waals surface area contributed by atoms with E-state index in [-0.39, 0.29) is 35.7 Å². The van der Waals surface area contributed by atoms with Crippen molar-refractivity contribution in [3.63, 3.8) is 0 Å². The lowest BCUT2D eigenvalue weighted by molar-refractivity contribution is -0.384. The predicted molar refractivity (Wildman–Crippen MR) is 155 cm³/mol. The van der Waals surface area contributed by atoms with Crippen LogP contribution in [0.2, 0.25) is 0 Å². The van der Waals surface area contributed by atoms with Gasteiger partial charge in [0.05, 0.1) is 33.5 Å². The van der Waals surface area contributed by atoms with Gasteiger partial charge in [0, 0.05) is 12.1 Å². The van der Waals surface area contributed by atoms with Crippen molar-refractivity contribution in [2.24, 2.45) is 0 Å². The van der Waals surface area contributed by atoms with Crippen molar-refractivity contribution in [3.05, 3.63) is 96.6 Å². The van der Waals surface area contributed by atoms with Crippen molar-refractivity contribution in [2.45, 2.75) is 13.5 Å². The molecular weight excluding hydrogens is 649 g/mol. The number of esters is 1. The zero-order valence-corrected chi connectivity index (χ0v) is 23.9. The Hall–Kier alpha value is -4.79. The van der Waals surface area contributed by atoms with Crippen LogP contribution >= 0.6 is 22.6 Å². The van der Waals surface area contributed by atoms with Gasteiger partial charge < -0.3 is 14.2 Å². The number of hydrogen-bond donors (Lipinski definition) is 1. The molecule has 210 valence electrons. The molecule has 4 rings (SSSR count). The van der Waals surface area contributed by atoms with E-state index in [1.807, 2.05) is 22.6 Å². The molecule has 12 nitrogen and oxygen atoms in total. The number of hydrogen-bond acceptors (Lipinski definition) is 9. The van der Waals surface area contributed by atoms with Crippen molar-refractivity contribution in [3.8, 4) is 11.5 Å². The minimum Gasteiger partial charge on any atom is -0.490 e. The van der Waals surface area contributed by atoms with Crippen molar-refractivity contribution in [1.29, 1.82) is 0 Å². The van der Waals surface area contributed by atoms with E-state index in [1.165, 1.54) is 49.6 Å². The number of benzene rings is 3. The van der Waals surface area contributed by atoms with E-state index in [0.29, 0.717) is 26.2 Å². The Bertz CT molecular complexity index is 1590. The number of imide groups is 2. The summed E-state index contributed by atoms with van der Waals surface area (Å²) in [5.41, 5.74) is 1.01. The van der Waals surface area contributed by atoms with Gasteiger partial charge in [0.25, 0.3) is 17.5 Å². The fraction of sp³-hybridized carbons (Fsp3) is 0.143. The van der Waals surface area contributed by atoms with Gasteiger partial charge in [0.1, 0.15) is 12.2 Å². The second kappa shape index (κ2) is 12.6. The van der Waals surface area contributed by atoms with Gasteiger partial charge in [-0.05, 0) is 83.1 Å². The summed E-state index contributed by atoms with van der Waals surface area (Å²) >= 11 is 2.01. The lowest BCUT2D eigenvalue weighted by Gasteiger charge is -2.26. The first-order chi connectivity index (χ1) is 19.6. The highest BCUT2D eigenvalue weighted by Crippen LogP contribution is 2.36. The lowest BCUT2D eigenvalue weighted by atomic mass is 10.1. The Morgan fingerprint density at radius 3 is 2.46 bits per heavy atom. The summed E-state index contributed by atoms with van der Waals surface area (Å²) in [6.45, 7) is 2.09. The number of nitrogens with one attached hydrogen (secondary N) is 1. The van der Waals surface area contributed by atoms with E-state index in [9.17, 15) is 29.3 Å². The highest BCUT2D eigenvalue weighted by Gasteiger charge is 2.37. The first kappa shape index (κ1) is 29.2. The average molecular weight is 671 g/mol. The highest BCUT2D eigenvalue weighted by atomic mass is 127. The van der Waals surface area contributed by atoms with Crippen LogP contribution < -0.4 is 19.7 Å². The zero-order valence-electron chi connectivity index (χ0n) is 21.7. The van der Waals surface area contributed by atoms with Crippen LogP contribution in [0.15, 0.2) is 66.2 Å². The van der Waals surface area contributed by atoms with Gasteiger partial charge in [0.2, 0.25) is 0 Å². The molecule has 0 bridgehead atoms. The van der Waals surface area contributed by atoms with E-state index < -0.39 is 28.7 Å². The second-order valence-electron chi connectivity index (χ2n) is 8.47. The van der Waals surface area contributed by atoms with E-state index in [4.69, 9.17) is 9.47 Å². The quantitative estimate of drug-likeness (QED) is 0.0857. The minimum absolute atomic E-state index is 0.0327. The third-order valence-electron chi connectivity index (χ3n) is 5.80. The molecular formula is C28H22IN3O9. The molecule has 0 aliphatic carbocycles. The molecule has 1 heterocycles. The summed E-state index contributed by atoms with van der Waals surface area (Å²) in [5.74, 6) is -1.61. The standard InChI is InChI=1S/C28H22IN3O9/c1-3-40-23-14-17(13-22(29)24(23)41-15-16-5-4-6-20(11-16)32(37)38)12-21-25(33)30-28(36)31(26(21)34)19-9-7-18(8-10-19)27(35)39-2/h4-14H,3,15H2,1-2H3,(H,30,33,36)/b21-12+. The number of barbiturate groups is 1. The molecule has 1 aliphatic rings. The van der Waals surface area contributed by atoms with Crippen LogP contribution in [0.3, 0.4) is 0 Å². The van der Waals surface area contributed by atoms with E-state index in [0.717, 1.165) is 4.90 Å². The maximum Gasteiger partial charge on any atom is 0.337 e. The Labute approximate surface area is 247 Å². The van der Waals surface area contributed by atoms with Gasteiger partial charge in [-0.2, -0.15) is 0 Å². The molecule has 3 aromatic rings. The molecule has 3 aromatic carbocycles. The highest BCUT2D eigenvalue weighted by molar-refractivity contribution is 14.1. The number of halogens is 1. The average Bonchev–Trinajstić information content (AvgIpc) is 2.95. The molecule has 0 saturated carbocycles. The summed E-state index contributed by atoms with van der Waals surface area (Å²) < 4.78 is 16.9. The molecule has 0 aromatic heterocycles. The predicted octanol–water partition coefficient (Wildman–Crippen LogP) is 4.63. The van der Waals surface area contributed by atoms with Gasteiger partial charge in [-0.3, -0.25) is 25.0 Å². The van der Waals surface area contributed by atoms with Crippen LogP contribution in [-0.4, -0.2) is 42.5 Å². The van der Waals surface area contributed by atoms with Gasteiger partial charge in [0.15, 0.2) is 11.5 Å². The topological polar surface area (TPSA) is 154 Å². The van der Waals surface area contributed by atoms with E-state index in [1.54, 1.807) is 31.2 Å². The fourth-order valence-corrected chi connectivity index (χ4v) is 4.69. The number of methoxy groups -OCH3 is 1. The number of carbonyl (C=O) groups is 4. The number of carbonyl (C=O) groups excluding carboxylic acids is 4. The second-order valence-corrected chi connectivity index (χ2v) is 9.64. The van der Waals surface area contributed by atoms with E-state index in [2.05, 4.69) is 10.1 Å². The molecule has 41 heavy (non-hydrogen) atoms. The summed E-state index contributed by atoms with van der Waals surface area (Å²) in [7, 11) is 1.23. The van der Waals surface area contributed by atoms with Crippen molar-refractivity contribution < 1.29 is 38.3 Å². The third-order valence-corrected chi connectivity index (χ3v) is 6.60. The van der Waals surface area contributed by atoms with Crippen molar-refractivity contribution >= 4 is 63.9 Å². The number of rotatable bonds is 9. The molecule has 4 amide bonds. The number of urea groups is 1. The molecule has 13 heteroatoms. The van der Waals surface area contributed by atoms with Gasteiger partial charge in [-0.1, -0.05) is 12.1 Å². The summed E-state index contributed by atoms with van der Waals surface area (Å²) in [5, 5.41) is 13.2. The summed E-state index contributed by atoms with van der Waals surface area (Å²) in [6, 6.07) is 13.9. The number of ether oxygens (including phenoxy) is 3. The van der Waals surface area contributed by atoms with Crippen LogP contribution in [0.5, 0.6) is 11.5 Å². The monoisotopic (exact) mass is 671 g/mol. The van der Waals surface area contributed by atoms with Crippen LogP contribution in [0.4, 0.5) is 16.2 Å².